The van der Waals surface area contributed by atoms with Crippen LogP contribution in [0.2, 0.25) is 0 Å². The Kier molecular flexibility index (Phi) is 11.8. The second-order valence-corrected chi connectivity index (χ2v) is 14.2. The quantitative estimate of drug-likeness (QED) is 0.128. The maximum atomic E-state index is 13.6. The second-order valence-electron chi connectivity index (χ2n) is 14.2. The van der Waals surface area contributed by atoms with Crippen molar-refractivity contribution in [1.82, 2.24) is 34.6 Å². The van der Waals surface area contributed by atoms with Gasteiger partial charge in [0, 0.05) is 69.6 Å². The summed E-state index contributed by atoms with van der Waals surface area (Å²) >= 11 is 0. The largest absolute Gasteiger partial charge is 0.404 e. The molecule has 0 radical (unpaired) electrons. The van der Waals surface area contributed by atoms with Crippen LogP contribution < -0.4 is 32.7 Å². The Hall–Kier alpha value is -5.45. The molecule has 15 nitrogen and oxygen atoms in total. The molecule has 3 fully saturated rings. The van der Waals surface area contributed by atoms with Crippen molar-refractivity contribution in [3.05, 3.63) is 70.6 Å². The number of benzene rings is 1. The van der Waals surface area contributed by atoms with Gasteiger partial charge < -0.3 is 26.6 Å². The van der Waals surface area contributed by atoms with Crippen LogP contribution in [-0.4, -0.2) is 93.1 Å². The lowest BCUT2D eigenvalue weighted by Crippen LogP contribution is -2.45. The summed E-state index contributed by atoms with van der Waals surface area (Å²) in [5.41, 5.74) is 12.3. The van der Waals surface area contributed by atoms with Gasteiger partial charge in [-0.05, 0) is 82.2 Å². The molecule has 288 valence electrons. The van der Waals surface area contributed by atoms with Crippen LogP contribution in [0.3, 0.4) is 0 Å². The summed E-state index contributed by atoms with van der Waals surface area (Å²) in [7, 11) is 3.87. The molecule has 2 saturated heterocycles. The Balaban J connectivity index is 0.999. The van der Waals surface area contributed by atoms with E-state index < -0.39 is 30.0 Å². The molecule has 6 N–H and O–H groups in total. The Morgan fingerprint density at radius 1 is 1.07 bits per heavy atom. The molecule has 1 atom stereocenters. The van der Waals surface area contributed by atoms with Gasteiger partial charge in [0.25, 0.3) is 12.3 Å². The number of hydrogen-bond donors (Lipinski definition) is 4. The Bertz CT molecular complexity index is 2010. The molecule has 0 bridgehead atoms. The van der Waals surface area contributed by atoms with Gasteiger partial charge >= 0.3 is 5.69 Å². The molecule has 3 amide bonds. The number of fused-ring (bicyclic) bond motifs is 1. The van der Waals surface area contributed by atoms with E-state index in [-0.39, 0.29) is 41.2 Å². The van der Waals surface area contributed by atoms with E-state index in [2.05, 4.69) is 42.4 Å². The second kappa shape index (κ2) is 16.7. The molecule has 3 aliphatic rings. The van der Waals surface area contributed by atoms with Crippen molar-refractivity contribution in [2.45, 2.75) is 75.9 Å². The van der Waals surface area contributed by atoms with Crippen molar-refractivity contribution in [2.75, 3.05) is 31.6 Å². The van der Waals surface area contributed by atoms with E-state index in [9.17, 15) is 28.0 Å². The van der Waals surface area contributed by atoms with Crippen LogP contribution in [0.15, 0.2) is 64.0 Å². The maximum absolute atomic E-state index is 13.6. The molecule has 17 heteroatoms. The average Bonchev–Trinajstić information content (AvgIpc) is 3.42. The molecule has 2 aromatic heterocycles. The standard InChI is InChI=1S/C37H47F2N11O4/c1-47(21-22-4-6-23(7-5-22)44-20-27(32(41)33(38)39)45-35(52)26(19-40)34-42-14-3-15-43-34)24-12-16-49(17-13-24)25-8-9-28-30(18-25)48(2)37(54)50(28)29-10-11-31(51)46-36(29)53/h3,8-9,14-15,18-20,22-24,29,33H,4-7,10-13,16-17,21,40-41H2,1-2H3,(H,45,52)(H,46,51,53)/b26-19+,32-27+,44-20?. The molecule has 54 heavy (non-hydrogen) atoms. The number of nitrogens with one attached hydrogen (secondary N) is 2. The number of anilines is 1. The first-order valence-corrected chi connectivity index (χ1v) is 18.3. The summed E-state index contributed by atoms with van der Waals surface area (Å²) < 4.78 is 30.3. The first kappa shape index (κ1) is 38.3. The smallest absolute Gasteiger partial charge is 0.329 e. The molecule has 4 heterocycles. The van der Waals surface area contributed by atoms with Crippen molar-refractivity contribution in [3.63, 3.8) is 0 Å². The highest BCUT2D eigenvalue weighted by atomic mass is 19.3. The van der Waals surface area contributed by atoms with Gasteiger partial charge in [-0.2, -0.15) is 0 Å². The van der Waals surface area contributed by atoms with Crippen LogP contribution in [-0.2, 0) is 21.4 Å². The number of rotatable bonds is 11. The minimum absolute atomic E-state index is 0.0469. The number of nitrogens with two attached hydrogens (primary N) is 2. The average molecular weight is 748 g/mol. The summed E-state index contributed by atoms with van der Waals surface area (Å²) in [6.45, 7) is 2.66. The number of imide groups is 1. The van der Waals surface area contributed by atoms with Crippen LogP contribution in [0.1, 0.15) is 63.2 Å². The Morgan fingerprint density at radius 2 is 1.78 bits per heavy atom. The SMILES string of the molecule is CN(CC1CCC(N=C/C(NC(=O)/C(=C/N)c2ncccn2)=C(\N)C(F)F)CC1)C1CCN(c2ccc3c(c2)n(C)c(=O)n3C2CCC(=O)NC2=O)CC1. The summed E-state index contributed by atoms with van der Waals surface area (Å²) in [6, 6.07) is 7.08. The number of nitrogens with zero attached hydrogens (tertiary/aromatic N) is 7. The van der Waals surface area contributed by atoms with E-state index in [1.54, 1.807) is 17.7 Å². The van der Waals surface area contributed by atoms with E-state index in [0.29, 0.717) is 23.9 Å². The van der Waals surface area contributed by atoms with Crippen molar-refractivity contribution in [1.29, 1.82) is 0 Å². The van der Waals surface area contributed by atoms with E-state index >= 15 is 0 Å². The molecular weight excluding hydrogens is 700 g/mol. The Labute approximate surface area is 311 Å². The number of aryl methyl sites for hydroxylation is 1. The number of imidazole rings is 1. The van der Waals surface area contributed by atoms with Crippen LogP contribution >= 0.6 is 0 Å². The molecule has 1 aliphatic carbocycles. The number of halogens is 2. The third kappa shape index (κ3) is 8.35. The number of carbonyl (C=O) groups is 3. The maximum Gasteiger partial charge on any atom is 0.329 e. The molecule has 6 rings (SSSR count). The lowest BCUT2D eigenvalue weighted by atomic mass is 9.85. The summed E-state index contributed by atoms with van der Waals surface area (Å²) in [6.07, 6.45) is 7.99. The molecule has 1 aromatic carbocycles. The number of piperidine rings is 2. The lowest BCUT2D eigenvalue weighted by molar-refractivity contribution is -0.135. The van der Waals surface area contributed by atoms with Gasteiger partial charge in [0.2, 0.25) is 11.8 Å². The predicted molar refractivity (Wildman–Crippen MR) is 200 cm³/mol. The fourth-order valence-electron chi connectivity index (χ4n) is 7.73. The molecule has 0 spiro atoms. The summed E-state index contributed by atoms with van der Waals surface area (Å²) in [5.74, 6) is -1.03. The van der Waals surface area contributed by atoms with E-state index in [1.165, 1.54) is 23.2 Å². The fourth-order valence-corrected chi connectivity index (χ4v) is 7.73. The van der Waals surface area contributed by atoms with Gasteiger partial charge in [-0.15, -0.1) is 0 Å². The zero-order chi connectivity index (χ0) is 38.5. The van der Waals surface area contributed by atoms with Crippen LogP contribution in [0.5, 0.6) is 0 Å². The van der Waals surface area contributed by atoms with Crippen molar-refractivity contribution in [3.8, 4) is 0 Å². The van der Waals surface area contributed by atoms with Gasteiger partial charge in [-0.1, -0.05) is 0 Å². The normalized spacial score (nSPS) is 22.3. The zero-order valence-corrected chi connectivity index (χ0v) is 30.5. The number of carbonyl (C=O) groups excluding carboxylic acids is 3. The van der Waals surface area contributed by atoms with Crippen LogP contribution in [0.25, 0.3) is 16.6 Å². The van der Waals surface area contributed by atoms with E-state index in [0.717, 1.165) is 75.6 Å². The predicted octanol–water partition coefficient (Wildman–Crippen LogP) is 2.19. The van der Waals surface area contributed by atoms with Crippen LogP contribution in [0.4, 0.5) is 14.5 Å². The number of aliphatic imine (C=N–C) groups is 1. The number of hydrogen-bond acceptors (Lipinski definition) is 11. The topological polar surface area (TPSA) is 199 Å². The Morgan fingerprint density at radius 3 is 2.43 bits per heavy atom. The van der Waals surface area contributed by atoms with Crippen molar-refractivity contribution < 1.29 is 23.2 Å². The summed E-state index contributed by atoms with van der Waals surface area (Å²) in [5, 5.41) is 4.76. The minimum atomic E-state index is -3.00. The number of alkyl halides is 2. The van der Waals surface area contributed by atoms with Crippen molar-refractivity contribution >= 4 is 46.2 Å². The minimum Gasteiger partial charge on any atom is -0.404 e. The number of allylic oxidation sites excluding steroid dienone is 2. The molecule has 3 aromatic rings. The molecule has 2 aliphatic heterocycles. The summed E-state index contributed by atoms with van der Waals surface area (Å²) in [4.78, 5) is 67.6. The number of aromatic nitrogens is 4. The molecule has 1 saturated carbocycles. The third-order valence-electron chi connectivity index (χ3n) is 10.8. The molecule has 1 unspecified atom stereocenters. The van der Waals surface area contributed by atoms with Gasteiger partial charge in [-0.25, -0.2) is 23.5 Å². The first-order valence-electron chi connectivity index (χ1n) is 18.3. The highest BCUT2D eigenvalue weighted by molar-refractivity contribution is 6.19. The van der Waals surface area contributed by atoms with E-state index in [1.807, 2.05) is 18.2 Å². The van der Waals surface area contributed by atoms with Crippen molar-refractivity contribution in [2.24, 2.45) is 29.4 Å². The van der Waals surface area contributed by atoms with E-state index in [4.69, 9.17) is 11.5 Å². The number of amides is 3. The monoisotopic (exact) mass is 747 g/mol. The van der Waals surface area contributed by atoms with Gasteiger partial charge in [-0.3, -0.25) is 33.8 Å². The molecular formula is C37H47F2N11O4. The first-order chi connectivity index (χ1) is 25.9. The van der Waals surface area contributed by atoms with Crippen LogP contribution in [0, 0.1) is 5.92 Å². The fraction of sp³-hybridized carbons (Fsp3) is 0.486. The van der Waals surface area contributed by atoms with Gasteiger partial charge in [0.05, 0.1) is 28.3 Å². The van der Waals surface area contributed by atoms with Gasteiger partial charge in [0.15, 0.2) is 5.82 Å². The van der Waals surface area contributed by atoms with Gasteiger partial charge in [0.1, 0.15) is 11.7 Å². The lowest BCUT2D eigenvalue weighted by Gasteiger charge is -2.40. The third-order valence-corrected chi connectivity index (χ3v) is 10.8. The highest BCUT2D eigenvalue weighted by Gasteiger charge is 2.32. The highest BCUT2D eigenvalue weighted by Crippen LogP contribution is 2.31. The zero-order valence-electron chi connectivity index (χ0n) is 30.5.